The number of sulfonamides is 1. The third kappa shape index (κ3) is 4.71. The Bertz CT molecular complexity index is 1170. The van der Waals surface area contributed by atoms with Crippen molar-refractivity contribution in [2.75, 3.05) is 18.4 Å². The van der Waals surface area contributed by atoms with Gasteiger partial charge in [0.1, 0.15) is 0 Å². The van der Waals surface area contributed by atoms with Crippen LogP contribution >= 0.6 is 0 Å². The highest BCUT2D eigenvalue weighted by atomic mass is 32.2. The van der Waals surface area contributed by atoms with Gasteiger partial charge in [-0.25, -0.2) is 8.42 Å². The summed E-state index contributed by atoms with van der Waals surface area (Å²) in [5.74, 6) is -0.230. The molecule has 0 radical (unpaired) electrons. The third-order valence-corrected chi connectivity index (χ3v) is 6.74. The smallest absolute Gasteiger partial charge is 0.264 e. The first-order valence-corrected chi connectivity index (χ1v) is 11.1. The number of carbonyl (C=O) groups is 1. The van der Waals surface area contributed by atoms with Gasteiger partial charge in [0.15, 0.2) is 0 Å². The molecule has 6 heteroatoms. The zero-order valence-corrected chi connectivity index (χ0v) is 18.5. The van der Waals surface area contributed by atoms with E-state index in [-0.39, 0.29) is 10.8 Å². The molecule has 3 rings (SSSR count). The number of benzene rings is 3. The van der Waals surface area contributed by atoms with E-state index in [9.17, 15) is 13.2 Å². The zero-order valence-electron chi connectivity index (χ0n) is 17.7. The molecule has 0 aliphatic carbocycles. The van der Waals surface area contributed by atoms with Gasteiger partial charge in [-0.3, -0.25) is 9.10 Å². The van der Waals surface area contributed by atoms with Gasteiger partial charge < -0.3 is 4.90 Å². The summed E-state index contributed by atoms with van der Waals surface area (Å²) in [5.41, 5.74) is 4.03. The maximum absolute atomic E-state index is 13.1. The number of rotatable bonds is 6. The van der Waals surface area contributed by atoms with Crippen molar-refractivity contribution in [3.63, 3.8) is 0 Å². The van der Waals surface area contributed by atoms with Gasteiger partial charge >= 0.3 is 0 Å². The number of hydrogen-bond acceptors (Lipinski definition) is 3. The summed E-state index contributed by atoms with van der Waals surface area (Å²) in [6.45, 7) is 4.36. The lowest BCUT2D eigenvalue weighted by Gasteiger charge is -2.21. The molecule has 156 valence electrons. The molecule has 0 N–H and O–H groups in total. The minimum Gasteiger partial charge on any atom is -0.337 e. The minimum atomic E-state index is -3.79. The van der Waals surface area contributed by atoms with Crippen LogP contribution in [-0.4, -0.2) is 33.3 Å². The molecule has 3 aromatic carbocycles. The van der Waals surface area contributed by atoms with Crippen LogP contribution in [0.5, 0.6) is 0 Å². The van der Waals surface area contributed by atoms with Gasteiger partial charge in [0.05, 0.1) is 10.6 Å². The molecule has 0 aliphatic heterocycles. The molecule has 3 aromatic rings. The Morgan fingerprint density at radius 2 is 1.47 bits per heavy atom. The Morgan fingerprint density at radius 1 is 0.833 bits per heavy atom. The lowest BCUT2D eigenvalue weighted by Crippen LogP contribution is -2.28. The van der Waals surface area contributed by atoms with Crippen LogP contribution in [0.4, 0.5) is 5.69 Å². The van der Waals surface area contributed by atoms with E-state index in [0.29, 0.717) is 17.8 Å². The first-order chi connectivity index (χ1) is 14.2. The third-order valence-electron chi connectivity index (χ3n) is 4.95. The molecular formula is C24H26N2O3S. The number of amides is 1. The summed E-state index contributed by atoms with van der Waals surface area (Å²) in [6, 6.07) is 21.4. The van der Waals surface area contributed by atoms with Crippen LogP contribution in [0.25, 0.3) is 0 Å². The van der Waals surface area contributed by atoms with Gasteiger partial charge in [0.2, 0.25) is 0 Å². The van der Waals surface area contributed by atoms with Crippen molar-refractivity contribution < 1.29 is 13.2 Å². The second-order valence-corrected chi connectivity index (χ2v) is 9.46. The van der Waals surface area contributed by atoms with Crippen LogP contribution in [0.2, 0.25) is 0 Å². The molecule has 0 spiro atoms. The minimum absolute atomic E-state index is 0.0845. The maximum atomic E-state index is 13.1. The molecule has 0 saturated heterocycles. The predicted octanol–water partition coefficient (Wildman–Crippen LogP) is 4.40. The monoisotopic (exact) mass is 422 g/mol. The molecule has 0 aliphatic rings. The highest BCUT2D eigenvalue weighted by Crippen LogP contribution is 2.24. The van der Waals surface area contributed by atoms with Crippen LogP contribution < -0.4 is 4.31 Å². The SMILES string of the molecule is Cc1cccc(CN(C)C(=O)c2cccc(S(=O)(=O)N(C)c3cccc(C)c3)c2)c1. The van der Waals surface area contributed by atoms with E-state index in [2.05, 4.69) is 0 Å². The highest BCUT2D eigenvalue weighted by Gasteiger charge is 2.23. The highest BCUT2D eigenvalue weighted by molar-refractivity contribution is 7.92. The molecule has 0 aromatic heterocycles. The van der Waals surface area contributed by atoms with Crippen LogP contribution in [-0.2, 0) is 16.6 Å². The zero-order chi connectivity index (χ0) is 21.9. The largest absolute Gasteiger partial charge is 0.337 e. The van der Waals surface area contributed by atoms with E-state index < -0.39 is 10.0 Å². The fourth-order valence-electron chi connectivity index (χ4n) is 3.29. The van der Waals surface area contributed by atoms with Crippen LogP contribution in [0.1, 0.15) is 27.0 Å². The topological polar surface area (TPSA) is 57.7 Å². The number of anilines is 1. The average molecular weight is 423 g/mol. The molecule has 0 heterocycles. The van der Waals surface area contributed by atoms with Crippen LogP contribution in [0.3, 0.4) is 0 Å². The Labute approximate surface area is 178 Å². The van der Waals surface area contributed by atoms with Gasteiger partial charge in [-0.1, -0.05) is 48.0 Å². The number of carbonyl (C=O) groups excluding carboxylic acids is 1. The van der Waals surface area contributed by atoms with Crippen molar-refractivity contribution in [3.8, 4) is 0 Å². The molecule has 0 fully saturated rings. The van der Waals surface area contributed by atoms with Crippen molar-refractivity contribution in [1.82, 2.24) is 4.90 Å². The lowest BCUT2D eigenvalue weighted by atomic mass is 10.1. The number of nitrogens with zero attached hydrogens (tertiary/aromatic N) is 2. The van der Waals surface area contributed by atoms with Crippen LogP contribution in [0, 0.1) is 13.8 Å². The Kier molecular flexibility index (Phi) is 6.27. The van der Waals surface area contributed by atoms with Crippen molar-refractivity contribution >= 4 is 21.6 Å². The van der Waals surface area contributed by atoms with Crippen molar-refractivity contribution in [3.05, 3.63) is 95.1 Å². The predicted molar refractivity (Wildman–Crippen MR) is 120 cm³/mol. The summed E-state index contributed by atoms with van der Waals surface area (Å²) in [7, 11) is -0.563. The fourth-order valence-corrected chi connectivity index (χ4v) is 4.52. The summed E-state index contributed by atoms with van der Waals surface area (Å²) in [5, 5.41) is 0. The quantitative estimate of drug-likeness (QED) is 0.592. The van der Waals surface area contributed by atoms with E-state index in [0.717, 1.165) is 16.7 Å². The summed E-state index contributed by atoms with van der Waals surface area (Å²) in [6.07, 6.45) is 0. The number of aryl methyl sites for hydroxylation is 2. The Balaban J connectivity index is 1.85. The second kappa shape index (κ2) is 8.71. The van der Waals surface area contributed by atoms with Gasteiger partial charge in [-0.15, -0.1) is 0 Å². The molecule has 0 unspecified atom stereocenters. The number of hydrogen-bond donors (Lipinski definition) is 0. The molecule has 0 atom stereocenters. The van der Waals surface area contributed by atoms with Gasteiger partial charge in [-0.2, -0.15) is 0 Å². The van der Waals surface area contributed by atoms with E-state index in [1.54, 1.807) is 30.1 Å². The fraction of sp³-hybridized carbons (Fsp3) is 0.208. The standard InChI is InChI=1S/C24H26N2O3S/c1-18-8-5-10-20(14-18)17-25(3)24(27)21-11-7-13-23(16-21)30(28,29)26(4)22-12-6-9-19(2)15-22/h5-16H,17H2,1-4H3. The molecular weight excluding hydrogens is 396 g/mol. The lowest BCUT2D eigenvalue weighted by molar-refractivity contribution is 0.0785. The first kappa shape index (κ1) is 21.6. The first-order valence-electron chi connectivity index (χ1n) is 9.65. The average Bonchev–Trinajstić information content (AvgIpc) is 2.72. The summed E-state index contributed by atoms with van der Waals surface area (Å²) >= 11 is 0. The maximum Gasteiger partial charge on any atom is 0.264 e. The van der Waals surface area contributed by atoms with E-state index in [4.69, 9.17) is 0 Å². The summed E-state index contributed by atoms with van der Waals surface area (Å²) < 4.78 is 27.5. The molecule has 30 heavy (non-hydrogen) atoms. The Hall–Kier alpha value is -3.12. The second-order valence-electron chi connectivity index (χ2n) is 7.49. The van der Waals surface area contributed by atoms with Crippen molar-refractivity contribution in [1.29, 1.82) is 0 Å². The molecule has 1 amide bonds. The van der Waals surface area contributed by atoms with Crippen molar-refractivity contribution in [2.24, 2.45) is 0 Å². The molecule has 5 nitrogen and oxygen atoms in total. The van der Waals surface area contributed by atoms with E-state index >= 15 is 0 Å². The Morgan fingerprint density at radius 3 is 2.13 bits per heavy atom. The van der Waals surface area contributed by atoms with Crippen molar-refractivity contribution in [2.45, 2.75) is 25.3 Å². The van der Waals surface area contributed by atoms with Gasteiger partial charge in [-0.05, 0) is 55.3 Å². The normalized spacial score (nSPS) is 11.2. The van der Waals surface area contributed by atoms with Gasteiger partial charge in [0.25, 0.3) is 15.9 Å². The van der Waals surface area contributed by atoms with E-state index in [1.165, 1.54) is 23.5 Å². The van der Waals surface area contributed by atoms with Gasteiger partial charge in [0, 0.05) is 26.2 Å². The van der Waals surface area contributed by atoms with E-state index in [1.807, 2.05) is 56.3 Å². The summed E-state index contributed by atoms with van der Waals surface area (Å²) in [4.78, 5) is 14.6. The molecule has 0 bridgehead atoms. The van der Waals surface area contributed by atoms with Crippen LogP contribution in [0.15, 0.2) is 77.7 Å². The molecule has 0 saturated carbocycles.